The van der Waals surface area contributed by atoms with Gasteiger partial charge in [-0.05, 0) is 17.4 Å². The van der Waals surface area contributed by atoms with Crippen LogP contribution in [0.5, 0.6) is 0 Å². The molecule has 0 saturated heterocycles. The van der Waals surface area contributed by atoms with E-state index in [1.807, 2.05) is 6.07 Å². The summed E-state index contributed by atoms with van der Waals surface area (Å²) in [4.78, 5) is 0. The normalized spacial score (nSPS) is 14.8. The van der Waals surface area contributed by atoms with Crippen molar-refractivity contribution in [1.82, 2.24) is 0 Å². The average Bonchev–Trinajstić information content (AvgIpc) is 3.63. The fourth-order valence-corrected chi connectivity index (χ4v) is 6.95. The van der Waals surface area contributed by atoms with Gasteiger partial charge < -0.3 is 0 Å². The third-order valence-electron chi connectivity index (χ3n) is 9.00. The quantitative estimate of drug-likeness (QED) is 0.161. The minimum atomic E-state index is 0.177. The number of fused-ring (bicyclic) bond motifs is 3. The van der Waals surface area contributed by atoms with Crippen molar-refractivity contribution in [3.63, 3.8) is 0 Å². The van der Waals surface area contributed by atoms with Crippen molar-refractivity contribution >= 4 is 8.78 Å². The molecule has 0 heterocycles. The predicted molar refractivity (Wildman–Crippen MR) is 203 cm³/mol. The molecule has 5 aromatic rings. The zero-order valence-electron chi connectivity index (χ0n) is 29.9. The third-order valence-corrected chi connectivity index (χ3v) is 10.4. The molecule has 5 aromatic carbocycles. The molecule has 0 N–H and O–H groups in total. The molecule has 0 nitrogen and oxygen atoms in total. The summed E-state index contributed by atoms with van der Waals surface area (Å²) in [7, 11) is 0. The van der Waals surface area contributed by atoms with Crippen LogP contribution in [-0.4, -0.2) is 3.21 Å². The van der Waals surface area contributed by atoms with E-state index in [1.54, 1.807) is 0 Å². The second-order valence-electron chi connectivity index (χ2n) is 14.9. The Balaban J connectivity index is 0.000000147. The number of rotatable bonds is 3. The van der Waals surface area contributed by atoms with Crippen LogP contribution in [0.25, 0.3) is 16.7 Å². The molecule has 48 heavy (non-hydrogen) atoms. The Morgan fingerprint density at radius 2 is 1.19 bits per heavy atom. The van der Waals surface area contributed by atoms with Crippen LogP contribution in [0.3, 0.4) is 0 Å². The van der Waals surface area contributed by atoms with Crippen molar-refractivity contribution in [3.05, 3.63) is 184 Å². The van der Waals surface area contributed by atoms with E-state index in [2.05, 4.69) is 189 Å². The number of benzene rings is 5. The first-order valence-corrected chi connectivity index (χ1v) is 18.3. The molecule has 0 aromatic heterocycles. The monoisotopic (exact) mass is 702 g/mol. The van der Waals surface area contributed by atoms with Gasteiger partial charge in [0.25, 0.3) is 0 Å². The van der Waals surface area contributed by atoms with Crippen molar-refractivity contribution in [2.24, 2.45) is 5.92 Å². The van der Waals surface area contributed by atoms with Crippen molar-refractivity contribution in [2.75, 3.05) is 0 Å². The van der Waals surface area contributed by atoms with Crippen LogP contribution in [0.2, 0.25) is 0 Å². The maximum atomic E-state index is 3.53. The second kappa shape index (κ2) is 15.3. The van der Waals surface area contributed by atoms with Crippen LogP contribution >= 0.6 is 0 Å². The Labute approximate surface area is 305 Å². The van der Waals surface area contributed by atoms with Gasteiger partial charge in [0.1, 0.15) is 0 Å². The second-order valence-corrected chi connectivity index (χ2v) is 16.2. The molecule has 0 bridgehead atoms. The van der Waals surface area contributed by atoms with E-state index in [-0.39, 0.29) is 10.8 Å². The van der Waals surface area contributed by atoms with E-state index < -0.39 is 0 Å². The summed E-state index contributed by atoms with van der Waals surface area (Å²) in [6.07, 6.45) is 6.69. The molecule has 1 atom stereocenters. The van der Waals surface area contributed by atoms with Crippen LogP contribution in [0.15, 0.2) is 133 Å². The van der Waals surface area contributed by atoms with Crippen molar-refractivity contribution < 1.29 is 24.2 Å². The summed E-state index contributed by atoms with van der Waals surface area (Å²) in [5, 5.41) is 0. The Kier molecular flexibility index (Phi) is 11.3. The third kappa shape index (κ3) is 8.86. The molecule has 2 aliphatic carbocycles. The standard InChI is InChI=1S/C21H25.C13H13.C13H10.Zr/c1-20(2,3)16-9-7-14-11-15-8-10-17(21(4,5)6)13-19(15)18(14)12-16;1-10-8-11(2)13(9-10)12-6-4-3-5-7-12;1-3-7-12(8-4-1)11-13-9-5-2-6-10-13;/h7,9-10,12-13H,11H2,1-6H3;3-7,9-10H,1-2H3;1-10H;/q2*-1;;+2. The number of allylic oxidation sites excluding steroid dienone is 4. The van der Waals surface area contributed by atoms with Gasteiger partial charge >= 0.3 is 99.2 Å². The summed E-state index contributed by atoms with van der Waals surface area (Å²) < 4.78 is 1.42. The van der Waals surface area contributed by atoms with Crippen LogP contribution in [-0.2, 0) is 41.5 Å². The summed E-state index contributed by atoms with van der Waals surface area (Å²) in [5.74, 6) is 0.468. The first kappa shape index (κ1) is 35.6. The topological polar surface area (TPSA) is 0 Å². The molecular formula is C47H48Zr. The maximum absolute atomic E-state index is 3.53. The molecule has 7 rings (SSSR count). The van der Waals surface area contributed by atoms with Gasteiger partial charge in [-0.15, -0.1) is 11.1 Å². The molecule has 0 saturated carbocycles. The van der Waals surface area contributed by atoms with Gasteiger partial charge in [0.05, 0.1) is 0 Å². The fraction of sp³-hybridized carbons (Fsp3) is 0.255. The summed E-state index contributed by atoms with van der Waals surface area (Å²) in [6.45, 7) is 17.9. The summed E-state index contributed by atoms with van der Waals surface area (Å²) >= 11 is 1.46. The summed E-state index contributed by atoms with van der Waals surface area (Å²) in [6, 6.07) is 46.7. The first-order chi connectivity index (χ1) is 22.8. The van der Waals surface area contributed by atoms with Crippen molar-refractivity contribution in [1.29, 1.82) is 0 Å². The van der Waals surface area contributed by atoms with E-state index in [9.17, 15) is 0 Å². The van der Waals surface area contributed by atoms with Gasteiger partial charge in [-0.1, -0.05) is 126 Å². The zero-order valence-corrected chi connectivity index (χ0v) is 32.4. The molecule has 2 aliphatic rings. The van der Waals surface area contributed by atoms with Crippen LogP contribution < -0.4 is 0 Å². The molecule has 0 radical (unpaired) electrons. The van der Waals surface area contributed by atoms with Crippen molar-refractivity contribution in [3.8, 4) is 11.1 Å². The molecule has 0 spiro atoms. The Morgan fingerprint density at radius 3 is 1.69 bits per heavy atom. The Hall–Kier alpha value is -3.67. The molecule has 1 unspecified atom stereocenters. The van der Waals surface area contributed by atoms with Gasteiger partial charge in [0.15, 0.2) is 0 Å². The van der Waals surface area contributed by atoms with Gasteiger partial charge in [0, 0.05) is 0 Å². The van der Waals surface area contributed by atoms with Gasteiger partial charge in [-0.3, -0.25) is 6.08 Å². The summed E-state index contributed by atoms with van der Waals surface area (Å²) in [5.41, 5.74) is 15.3. The van der Waals surface area contributed by atoms with Gasteiger partial charge in [-0.2, -0.15) is 41.0 Å². The average molecular weight is 704 g/mol. The van der Waals surface area contributed by atoms with Crippen LogP contribution in [0, 0.1) is 18.1 Å². The van der Waals surface area contributed by atoms with Gasteiger partial charge in [0.2, 0.25) is 0 Å². The fourth-order valence-electron chi connectivity index (χ4n) is 6.13. The molecule has 0 aliphatic heterocycles. The molecule has 1 heteroatoms. The Bertz CT molecular complexity index is 1810. The molecule has 0 fully saturated rings. The van der Waals surface area contributed by atoms with Crippen LogP contribution in [0.4, 0.5) is 0 Å². The van der Waals surface area contributed by atoms with E-state index in [1.165, 1.54) is 88.7 Å². The van der Waals surface area contributed by atoms with E-state index in [0.29, 0.717) is 5.92 Å². The van der Waals surface area contributed by atoms with E-state index >= 15 is 0 Å². The van der Waals surface area contributed by atoms with E-state index in [4.69, 9.17) is 0 Å². The first-order valence-electron chi connectivity index (χ1n) is 17.1. The number of hydrogen-bond acceptors (Lipinski definition) is 0. The predicted octanol–water partition coefficient (Wildman–Crippen LogP) is 11.9. The SMILES string of the molecule is CC(C)(C)c1c[c-]c2c(c1)-c1cc(C(C)(C)C)ccc1C2.CC1=[C-]C(C)C=C1c1ccccc1.[Zr+2]=[C](c1ccccc1)c1ccccc1. The zero-order chi connectivity index (χ0) is 34.5. The molecule has 240 valence electrons. The van der Waals surface area contributed by atoms with Crippen molar-refractivity contribution in [2.45, 2.75) is 72.6 Å². The molecular weight excluding hydrogens is 656 g/mol. The molecule has 0 amide bonds. The van der Waals surface area contributed by atoms with E-state index in [0.717, 1.165) is 6.42 Å². The van der Waals surface area contributed by atoms with Gasteiger partial charge in [-0.25, -0.2) is 5.57 Å². The minimum absolute atomic E-state index is 0.177. The Morgan fingerprint density at radius 1 is 0.667 bits per heavy atom. The number of hydrogen-bond donors (Lipinski definition) is 0. The van der Waals surface area contributed by atoms with Crippen LogP contribution in [0.1, 0.15) is 94.3 Å².